The average molecular weight is 375 g/mol. The molecule has 0 aliphatic heterocycles. The number of carbonyl (C=O) groups is 1. The highest BCUT2D eigenvalue weighted by atomic mass is 16.5. The first-order chi connectivity index (χ1) is 12.9. The number of benzene rings is 1. The highest BCUT2D eigenvalue weighted by Gasteiger charge is 2.12. The second kappa shape index (κ2) is 9.39. The minimum Gasteiger partial charge on any atom is -0.493 e. The fraction of sp³-hybridized carbons (Fsp3) is 0.550. The summed E-state index contributed by atoms with van der Waals surface area (Å²) >= 11 is 0. The topological polar surface area (TPSA) is 73.7 Å². The first-order valence-electron chi connectivity index (χ1n) is 9.22. The number of aryl methyl sites for hydroxylation is 1. The van der Waals surface area contributed by atoms with Gasteiger partial charge < -0.3 is 14.4 Å². The Bertz CT molecular complexity index is 845. The summed E-state index contributed by atoms with van der Waals surface area (Å²) in [6.45, 7) is 5.49. The van der Waals surface area contributed by atoms with E-state index in [0.717, 1.165) is 13.0 Å². The molecule has 7 nitrogen and oxygen atoms in total. The van der Waals surface area contributed by atoms with Crippen molar-refractivity contribution in [2.24, 2.45) is 5.92 Å². The standard InChI is InChI=1S/C20H29N3O4/c1-14(2)8-10-22(3)19(24)7-6-9-23-13-21-16-12-18(27-5)17(26-4)11-15(16)20(23)25/h11-14H,6-10H2,1-5H3. The zero-order valence-electron chi connectivity index (χ0n) is 16.8. The second-order valence-electron chi connectivity index (χ2n) is 7.07. The summed E-state index contributed by atoms with van der Waals surface area (Å²) < 4.78 is 12.1. The third kappa shape index (κ3) is 5.21. The van der Waals surface area contributed by atoms with Gasteiger partial charge in [-0.1, -0.05) is 13.8 Å². The number of rotatable bonds is 9. The SMILES string of the molecule is COc1cc2ncn(CCCC(=O)N(C)CCC(C)C)c(=O)c2cc1OC. The van der Waals surface area contributed by atoms with Gasteiger partial charge in [0.2, 0.25) is 5.91 Å². The molecule has 1 amide bonds. The predicted octanol–water partition coefficient (Wildman–Crippen LogP) is 2.70. The predicted molar refractivity (Wildman–Crippen MR) is 105 cm³/mol. The number of nitrogens with zero attached hydrogens (tertiary/aromatic N) is 3. The molecule has 0 bridgehead atoms. The molecule has 0 aliphatic rings. The number of amides is 1. The van der Waals surface area contributed by atoms with Crippen LogP contribution in [0.4, 0.5) is 0 Å². The van der Waals surface area contributed by atoms with Gasteiger partial charge in [-0.2, -0.15) is 0 Å². The van der Waals surface area contributed by atoms with E-state index in [2.05, 4.69) is 18.8 Å². The van der Waals surface area contributed by atoms with Crippen molar-refractivity contribution in [3.8, 4) is 11.5 Å². The Morgan fingerprint density at radius 2 is 1.89 bits per heavy atom. The van der Waals surface area contributed by atoms with Crippen LogP contribution in [0, 0.1) is 5.92 Å². The van der Waals surface area contributed by atoms with Gasteiger partial charge in [0.1, 0.15) is 0 Å². The van der Waals surface area contributed by atoms with Gasteiger partial charge in [-0.15, -0.1) is 0 Å². The van der Waals surface area contributed by atoms with Gasteiger partial charge in [0.15, 0.2) is 11.5 Å². The minimum absolute atomic E-state index is 0.101. The summed E-state index contributed by atoms with van der Waals surface area (Å²) in [4.78, 5) is 31.0. The molecule has 2 rings (SSSR count). The molecule has 0 N–H and O–H groups in total. The molecule has 0 fully saturated rings. The quantitative estimate of drug-likeness (QED) is 0.674. The molecule has 148 valence electrons. The van der Waals surface area contributed by atoms with Gasteiger partial charge in [0.05, 0.1) is 31.4 Å². The van der Waals surface area contributed by atoms with Gasteiger partial charge in [0.25, 0.3) is 5.56 Å². The van der Waals surface area contributed by atoms with Crippen molar-refractivity contribution < 1.29 is 14.3 Å². The van der Waals surface area contributed by atoms with Crippen LogP contribution in [-0.4, -0.2) is 48.2 Å². The van der Waals surface area contributed by atoms with Gasteiger partial charge in [-0.05, 0) is 24.8 Å². The van der Waals surface area contributed by atoms with E-state index >= 15 is 0 Å². The largest absolute Gasteiger partial charge is 0.493 e. The molecule has 0 saturated carbocycles. The summed E-state index contributed by atoms with van der Waals surface area (Å²) in [5, 5.41) is 0.468. The number of aromatic nitrogens is 2. The van der Waals surface area contributed by atoms with Crippen LogP contribution in [0.2, 0.25) is 0 Å². The molecule has 0 atom stereocenters. The fourth-order valence-electron chi connectivity index (χ4n) is 2.81. The van der Waals surface area contributed by atoms with E-state index in [9.17, 15) is 9.59 Å². The van der Waals surface area contributed by atoms with Crippen molar-refractivity contribution in [2.75, 3.05) is 27.8 Å². The van der Waals surface area contributed by atoms with Crippen LogP contribution in [0.1, 0.15) is 33.1 Å². The summed E-state index contributed by atoms with van der Waals surface area (Å²) in [6.07, 6.45) is 3.50. The average Bonchev–Trinajstić information content (AvgIpc) is 2.66. The Hall–Kier alpha value is -2.57. The third-order valence-electron chi connectivity index (χ3n) is 4.59. The Morgan fingerprint density at radius 1 is 1.22 bits per heavy atom. The third-order valence-corrected chi connectivity index (χ3v) is 4.59. The van der Waals surface area contributed by atoms with Crippen molar-refractivity contribution in [3.63, 3.8) is 0 Å². The maximum atomic E-state index is 12.7. The number of ether oxygens (including phenoxy) is 2. The summed E-state index contributed by atoms with van der Waals surface area (Å²) in [7, 11) is 4.90. The van der Waals surface area contributed by atoms with Crippen molar-refractivity contribution in [2.45, 2.75) is 39.7 Å². The van der Waals surface area contributed by atoms with Gasteiger partial charge in [-0.25, -0.2) is 4.98 Å². The van der Waals surface area contributed by atoms with Crippen molar-refractivity contribution in [1.82, 2.24) is 14.5 Å². The maximum absolute atomic E-state index is 12.7. The van der Waals surface area contributed by atoms with E-state index in [4.69, 9.17) is 9.47 Å². The molecule has 7 heteroatoms. The number of hydrogen-bond donors (Lipinski definition) is 0. The molecular formula is C20H29N3O4. The molecular weight excluding hydrogens is 346 g/mol. The van der Waals surface area contributed by atoms with E-state index in [-0.39, 0.29) is 11.5 Å². The first-order valence-corrected chi connectivity index (χ1v) is 9.22. The lowest BCUT2D eigenvalue weighted by Crippen LogP contribution is -2.29. The van der Waals surface area contributed by atoms with Gasteiger partial charge >= 0.3 is 0 Å². The Labute approximate surface area is 159 Å². The lowest BCUT2D eigenvalue weighted by molar-refractivity contribution is -0.130. The highest BCUT2D eigenvalue weighted by Crippen LogP contribution is 2.29. The number of fused-ring (bicyclic) bond motifs is 1. The van der Waals surface area contributed by atoms with Crippen molar-refractivity contribution in [3.05, 3.63) is 28.8 Å². The smallest absolute Gasteiger partial charge is 0.261 e. The van der Waals surface area contributed by atoms with Crippen LogP contribution in [0.5, 0.6) is 11.5 Å². The Kier molecular flexibility index (Phi) is 7.21. The lowest BCUT2D eigenvalue weighted by atomic mass is 10.1. The van der Waals surface area contributed by atoms with E-state index in [1.807, 2.05) is 7.05 Å². The highest BCUT2D eigenvalue weighted by molar-refractivity contribution is 5.81. The van der Waals surface area contributed by atoms with E-state index in [0.29, 0.717) is 47.7 Å². The maximum Gasteiger partial charge on any atom is 0.261 e. The van der Waals surface area contributed by atoms with Crippen molar-refractivity contribution >= 4 is 16.8 Å². The van der Waals surface area contributed by atoms with Gasteiger partial charge in [0, 0.05) is 32.6 Å². The Morgan fingerprint density at radius 3 is 2.52 bits per heavy atom. The monoisotopic (exact) mass is 375 g/mol. The fourth-order valence-corrected chi connectivity index (χ4v) is 2.81. The first kappa shape index (κ1) is 20.7. The van der Waals surface area contributed by atoms with Gasteiger partial charge in [-0.3, -0.25) is 14.2 Å². The van der Waals surface area contributed by atoms with Crippen molar-refractivity contribution in [1.29, 1.82) is 0 Å². The summed E-state index contributed by atoms with van der Waals surface area (Å²) in [5.74, 6) is 1.69. The molecule has 0 radical (unpaired) electrons. The van der Waals surface area contributed by atoms with Crippen LogP contribution in [0.3, 0.4) is 0 Å². The van der Waals surface area contributed by atoms with Crippen LogP contribution < -0.4 is 15.0 Å². The zero-order valence-corrected chi connectivity index (χ0v) is 16.8. The molecule has 1 aromatic carbocycles. The second-order valence-corrected chi connectivity index (χ2v) is 7.07. The Balaban J connectivity index is 2.06. The molecule has 1 aromatic heterocycles. The molecule has 1 heterocycles. The normalized spacial score (nSPS) is 11.0. The number of hydrogen-bond acceptors (Lipinski definition) is 5. The molecule has 0 aliphatic carbocycles. The molecule has 0 saturated heterocycles. The summed E-state index contributed by atoms with van der Waals surface area (Å²) in [5.41, 5.74) is 0.403. The molecule has 2 aromatic rings. The van der Waals surface area contributed by atoms with E-state index in [1.165, 1.54) is 18.0 Å². The minimum atomic E-state index is -0.151. The van der Waals surface area contributed by atoms with Crippen LogP contribution in [-0.2, 0) is 11.3 Å². The van der Waals surface area contributed by atoms with E-state index in [1.54, 1.807) is 24.1 Å². The molecule has 0 unspecified atom stereocenters. The van der Waals surface area contributed by atoms with Crippen LogP contribution in [0.25, 0.3) is 10.9 Å². The van der Waals surface area contributed by atoms with E-state index < -0.39 is 0 Å². The van der Waals surface area contributed by atoms with Crippen LogP contribution in [0.15, 0.2) is 23.3 Å². The van der Waals surface area contributed by atoms with Crippen LogP contribution >= 0.6 is 0 Å². The lowest BCUT2D eigenvalue weighted by Gasteiger charge is -2.18. The molecule has 0 spiro atoms. The zero-order chi connectivity index (χ0) is 20.0. The number of carbonyl (C=O) groups excluding carboxylic acids is 1. The number of methoxy groups -OCH3 is 2. The molecule has 27 heavy (non-hydrogen) atoms. The summed E-state index contributed by atoms with van der Waals surface area (Å²) in [6, 6.07) is 3.33.